The van der Waals surface area contributed by atoms with Crippen molar-refractivity contribution in [1.82, 2.24) is 4.57 Å². The summed E-state index contributed by atoms with van der Waals surface area (Å²) in [6, 6.07) is 79.7. The maximum atomic E-state index is 6.75. The largest absolute Gasteiger partial charge is 0.456 e. The summed E-state index contributed by atoms with van der Waals surface area (Å²) in [7, 11) is 0. The van der Waals surface area contributed by atoms with Crippen molar-refractivity contribution >= 4 is 71.6 Å². The van der Waals surface area contributed by atoms with Crippen LogP contribution in [0.1, 0.15) is 25.0 Å². The Bertz CT molecular complexity index is 3800. The fraction of sp³-hybridized carbons (Fsp3) is 0.0492. The van der Waals surface area contributed by atoms with Gasteiger partial charge in [-0.15, -0.1) is 0 Å². The second-order valence-corrected chi connectivity index (χ2v) is 17.7. The number of aromatic nitrogens is 1. The van der Waals surface area contributed by atoms with E-state index >= 15 is 0 Å². The summed E-state index contributed by atoms with van der Waals surface area (Å²) in [4.78, 5) is 2.44. The molecule has 0 atom stereocenters. The third kappa shape index (κ3) is 5.47. The third-order valence-corrected chi connectivity index (χ3v) is 13.7. The zero-order chi connectivity index (χ0) is 42.5. The van der Waals surface area contributed by atoms with Gasteiger partial charge in [0.25, 0.3) is 0 Å². The number of fused-ring (bicyclic) bond motifs is 10. The Balaban J connectivity index is 1.11. The number of furan rings is 1. The molecule has 10 aromatic carbocycles. The molecule has 0 bridgehead atoms. The van der Waals surface area contributed by atoms with Gasteiger partial charge in [0.05, 0.1) is 11.0 Å². The Morgan fingerprint density at radius 1 is 0.406 bits per heavy atom. The van der Waals surface area contributed by atoms with Crippen LogP contribution < -0.4 is 4.90 Å². The predicted molar refractivity (Wildman–Crippen MR) is 269 cm³/mol. The molecule has 0 unspecified atom stereocenters. The highest BCUT2D eigenvalue weighted by atomic mass is 16.3. The zero-order valence-electron chi connectivity index (χ0n) is 35.6. The van der Waals surface area contributed by atoms with Gasteiger partial charge >= 0.3 is 0 Å². The van der Waals surface area contributed by atoms with Crippen LogP contribution >= 0.6 is 0 Å². The molecule has 0 spiro atoms. The molecule has 302 valence electrons. The summed E-state index contributed by atoms with van der Waals surface area (Å²) in [5, 5.41) is 7.05. The standard InChI is InChI=1S/C61H42N2O/c1-61(2)52-23-13-11-21-48(52)49-33-31-46(36-53(49)61)62(44-28-25-41(26-29-44)39-15-5-3-6-16-39)47-32-34-50-54(37-47)63(45-30-27-40-17-9-10-20-43(40)35-45)55-38-57-60(51-22-12-14-24-56(51)64-57)58(59(50)55)42-18-7-4-8-19-42/h3-38H,1-2H3. The fourth-order valence-electron chi connectivity index (χ4n) is 10.7. The van der Waals surface area contributed by atoms with Crippen LogP contribution in [0.2, 0.25) is 0 Å². The Kier molecular flexibility index (Phi) is 7.95. The van der Waals surface area contributed by atoms with E-state index in [9.17, 15) is 0 Å². The molecule has 3 heteroatoms. The van der Waals surface area contributed by atoms with Crippen molar-refractivity contribution in [2.24, 2.45) is 0 Å². The van der Waals surface area contributed by atoms with Gasteiger partial charge in [0, 0.05) is 61.3 Å². The smallest absolute Gasteiger partial charge is 0.138 e. The topological polar surface area (TPSA) is 21.3 Å². The average Bonchev–Trinajstić information content (AvgIpc) is 3.96. The molecular weight excluding hydrogens is 777 g/mol. The second kappa shape index (κ2) is 13.9. The minimum atomic E-state index is -0.147. The van der Waals surface area contributed by atoms with Crippen molar-refractivity contribution in [1.29, 1.82) is 0 Å². The van der Waals surface area contributed by atoms with E-state index in [0.29, 0.717) is 0 Å². The van der Waals surface area contributed by atoms with E-state index in [1.165, 1.54) is 60.5 Å². The minimum absolute atomic E-state index is 0.147. The molecule has 3 nitrogen and oxygen atoms in total. The normalized spacial score (nSPS) is 13.0. The number of hydrogen-bond acceptors (Lipinski definition) is 2. The van der Waals surface area contributed by atoms with Crippen molar-refractivity contribution in [2.75, 3.05) is 4.90 Å². The maximum absolute atomic E-state index is 6.75. The lowest BCUT2D eigenvalue weighted by Crippen LogP contribution is -2.16. The number of hydrogen-bond donors (Lipinski definition) is 0. The molecule has 1 aliphatic rings. The van der Waals surface area contributed by atoms with E-state index in [2.05, 4.69) is 242 Å². The van der Waals surface area contributed by atoms with Gasteiger partial charge in [-0.3, -0.25) is 0 Å². The van der Waals surface area contributed by atoms with Gasteiger partial charge in [-0.2, -0.15) is 0 Å². The summed E-state index contributed by atoms with van der Waals surface area (Å²) < 4.78 is 9.21. The molecule has 0 radical (unpaired) electrons. The van der Waals surface area contributed by atoms with Crippen LogP contribution in [0.25, 0.3) is 93.6 Å². The first-order valence-corrected chi connectivity index (χ1v) is 22.2. The summed E-state index contributed by atoms with van der Waals surface area (Å²) >= 11 is 0. The van der Waals surface area contributed by atoms with Gasteiger partial charge in [0.15, 0.2) is 0 Å². The summed E-state index contributed by atoms with van der Waals surface area (Å²) in [6.07, 6.45) is 0. The Hall–Kier alpha value is -8.14. The number of para-hydroxylation sites is 1. The minimum Gasteiger partial charge on any atom is -0.456 e. The number of rotatable bonds is 6. The van der Waals surface area contributed by atoms with Gasteiger partial charge in [-0.25, -0.2) is 0 Å². The number of anilines is 3. The SMILES string of the molecule is CC1(C)c2ccccc2-c2ccc(N(c3ccc(-c4ccccc4)cc3)c3ccc4c5c(-c6ccccc6)c6c(cc5n(-c5ccc7ccccc7c5)c4c3)oc3ccccc36)cc21. The first kappa shape index (κ1) is 36.5. The molecule has 0 amide bonds. The van der Waals surface area contributed by atoms with Gasteiger partial charge < -0.3 is 13.9 Å². The molecule has 0 fully saturated rings. The van der Waals surface area contributed by atoms with Gasteiger partial charge in [0.2, 0.25) is 0 Å². The van der Waals surface area contributed by atoms with Crippen LogP contribution in [-0.2, 0) is 5.41 Å². The number of benzene rings is 10. The monoisotopic (exact) mass is 818 g/mol. The van der Waals surface area contributed by atoms with Crippen LogP contribution in [0, 0.1) is 0 Å². The summed E-state index contributed by atoms with van der Waals surface area (Å²) in [5.41, 5.74) is 18.3. The first-order chi connectivity index (χ1) is 31.5. The number of nitrogens with zero attached hydrogens (tertiary/aromatic N) is 2. The van der Waals surface area contributed by atoms with Gasteiger partial charge in [-0.05, 0) is 104 Å². The molecule has 64 heavy (non-hydrogen) atoms. The van der Waals surface area contributed by atoms with E-state index in [0.717, 1.165) is 61.3 Å². The molecule has 0 saturated heterocycles. The molecule has 0 saturated carbocycles. The molecule has 2 heterocycles. The Morgan fingerprint density at radius 3 is 1.88 bits per heavy atom. The first-order valence-electron chi connectivity index (χ1n) is 22.2. The van der Waals surface area contributed by atoms with Crippen LogP contribution in [0.3, 0.4) is 0 Å². The van der Waals surface area contributed by atoms with Crippen molar-refractivity contribution in [3.8, 4) is 39.1 Å². The van der Waals surface area contributed by atoms with Crippen molar-refractivity contribution < 1.29 is 4.42 Å². The van der Waals surface area contributed by atoms with Gasteiger partial charge in [0.1, 0.15) is 11.2 Å². The van der Waals surface area contributed by atoms with Crippen molar-refractivity contribution in [2.45, 2.75) is 19.3 Å². The summed E-state index contributed by atoms with van der Waals surface area (Å²) in [5.74, 6) is 0. The van der Waals surface area contributed by atoms with Crippen LogP contribution in [0.4, 0.5) is 17.1 Å². The molecule has 1 aliphatic carbocycles. The molecule has 2 aromatic heterocycles. The zero-order valence-corrected chi connectivity index (χ0v) is 35.6. The van der Waals surface area contributed by atoms with Crippen molar-refractivity contribution in [3.63, 3.8) is 0 Å². The average molecular weight is 819 g/mol. The lowest BCUT2D eigenvalue weighted by Gasteiger charge is -2.28. The van der Waals surface area contributed by atoms with E-state index in [-0.39, 0.29) is 5.41 Å². The second-order valence-electron chi connectivity index (χ2n) is 17.7. The Labute approximate surface area is 371 Å². The van der Waals surface area contributed by atoms with E-state index < -0.39 is 0 Å². The van der Waals surface area contributed by atoms with Crippen LogP contribution in [0.15, 0.2) is 223 Å². The lowest BCUT2D eigenvalue weighted by molar-refractivity contribution is 0.660. The third-order valence-electron chi connectivity index (χ3n) is 13.7. The molecule has 13 rings (SSSR count). The van der Waals surface area contributed by atoms with Crippen LogP contribution in [0.5, 0.6) is 0 Å². The van der Waals surface area contributed by atoms with Gasteiger partial charge in [-0.1, -0.05) is 172 Å². The highest BCUT2D eigenvalue weighted by molar-refractivity contribution is 6.27. The molecular formula is C61H42N2O. The van der Waals surface area contributed by atoms with E-state index in [4.69, 9.17) is 4.42 Å². The van der Waals surface area contributed by atoms with Crippen LogP contribution in [-0.4, -0.2) is 4.57 Å². The van der Waals surface area contributed by atoms with Crippen molar-refractivity contribution in [3.05, 3.63) is 230 Å². The van der Waals surface area contributed by atoms with E-state index in [1.807, 2.05) is 0 Å². The highest BCUT2D eigenvalue weighted by Gasteiger charge is 2.36. The molecule has 0 aliphatic heterocycles. The Morgan fingerprint density at radius 2 is 1.05 bits per heavy atom. The van der Waals surface area contributed by atoms with E-state index in [1.54, 1.807) is 0 Å². The molecule has 0 N–H and O–H groups in total. The fourth-order valence-corrected chi connectivity index (χ4v) is 10.7. The predicted octanol–water partition coefficient (Wildman–Crippen LogP) is 16.9. The quantitative estimate of drug-likeness (QED) is 0.167. The summed E-state index contributed by atoms with van der Waals surface area (Å²) in [6.45, 7) is 4.72. The lowest BCUT2D eigenvalue weighted by atomic mass is 9.82. The molecule has 12 aromatic rings. The maximum Gasteiger partial charge on any atom is 0.138 e. The highest BCUT2D eigenvalue weighted by Crippen LogP contribution is 2.52.